The second kappa shape index (κ2) is 7.47. The van der Waals surface area contributed by atoms with E-state index in [0.717, 1.165) is 0 Å². The fourth-order valence-corrected chi connectivity index (χ4v) is 2.43. The molecule has 1 N–H and O–H groups in total. The van der Waals surface area contributed by atoms with Gasteiger partial charge in [-0.25, -0.2) is 9.59 Å². The first-order valence-electron chi connectivity index (χ1n) is 7.51. The van der Waals surface area contributed by atoms with Gasteiger partial charge in [0.05, 0.1) is 23.8 Å². The molecule has 0 unspecified atom stereocenters. The number of carbonyl (C=O) groups is 2. The molecule has 24 heavy (non-hydrogen) atoms. The van der Waals surface area contributed by atoms with Crippen molar-refractivity contribution < 1.29 is 19.1 Å². The highest BCUT2D eigenvalue weighted by Crippen LogP contribution is 2.20. The number of carbonyl (C=O) groups excluding carboxylic acids is 2. The van der Waals surface area contributed by atoms with Crippen LogP contribution >= 0.6 is 0 Å². The van der Waals surface area contributed by atoms with Crippen molar-refractivity contribution in [2.75, 3.05) is 6.61 Å². The highest BCUT2D eigenvalue weighted by molar-refractivity contribution is 5.98. The second-order valence-electron chi connectivity index (χ2n) is 5.19. The number of benzene rings is 1. The van der Waals surface area contributed by atoms with E-state index < -0.39 is 11.9 Å². The summed E-state index contributed by atoms with van der Waals surface area (Å²) in [7, 11) is 0. The van der Waals surface area contributed by atoms with Crippen molar-refractivity contribution >= 4 is 11.9 Å². The number of nitrogens with one attached hydrogen (secondary N) is 1. The van der Waals surface area contributed by atoms with Gasteiger partial charge in [-0.15, -0.1) is 0 Å². The van der Waals surface area contributed by atoms with E-state index in [2.05, 4.69) is 11.1 Å². The van der Waals surface area contributed by atoms with Crippen LogP contribution in [-0.4, -0.2) is 23.5 Å². The molecule has 0 fully saturated rings. The molecule has 0 bridgehead atoms. The Morgan fingerprint density at radius 2 is 1.88 bits per heavy atom. The van der Waals surface area contributed by atoms with Crippen LogP contribution in [0.3, 0.4) is 0 Å². The van der Waals surface area contributed by atoms with Crippen molar-refractivity contribution in [3.63, 3.8) is 0 Å². The van der Waals surface area contributed by atoms with Crippen LogP contribution in [0, 0.1) is 25.2 Å². The molecule has 2 aromatic rings. The normalized spacial score (nSPS) is 10.1. The van der Waals surface area contributed by atoms with Gasteiger partial charge in [-0.3, -0.25) is 0 Å². The second-order valence-corrected chi connectivity index (χ2v) is 5.19. The molecule has 1 aromatic heterocycles. The maximum Gasteiger partial charge on any atom is 0.355 e. The largest absolute Gasteiger partial charge is 0.461 e. The number of H-pyrrole nitrogens is 1. The van der Waals surface area contributed by atoms with Crippen LogP contribution in [0.4, 0.5) is 0 Å². The van der Waals surface area contributed by atoms with Gasteiger partial charge in [0, 0.05) is 11.3 Å². The van der Waals surface area contributed by atoms with Crippen LogP contribution in [-0.2, 0) is 16.1 Å². The lowest BCUT2D eigenvalue weighted by atomic mass is 10.1. The van der Waals surface area contributed by atoms with Gasteiger partial charge in [-0.1, -0.05) is 18.2 Å². The number of nitriles is 1. The number of aromatic nitrogens is 1. The van der Waals surface area contributed by atoms with E-state index in [1.54, 1.807) is 45.0 Å². The average molecular weight is 326 g/mol. The molecule has 0 aliphatic carbocycles. The van der Waals surface area contributed by atoms with Crippen LogP contribution in [0.15, 0.2) is 24.3 Å². The fourth-order valence-electron chi connectivity index (χ4n) is 2.43. The van der Waals surface area contributed by atoms with Gasteiger partial charge in [0.25, 0.3) is 0 Å². The van der Waals surface area contributed by atoms with Gasteiger partial charge < -0.3 is 14.5 Å². The lowest BCUT2D eigenvalue weighted by Gasteiger charge is -2.07. The lowest BCUT2D eigenvalue weighted by molar-refractivity contribution is 0.0471. The number of hydrogen-bond donors (Lipinski definition) is 1. The lowest BCUT2D eigenvalue weighted by Crippen LogP contribution is -2.09. The van der Waals surface area contributed by atoms with E-state index in [-0.39, 0.29) is 18.9 Å². The molecule has 6 heteroatoms. The summed E-state index contributed by atoms with van der Waals surface area (Å²) in [5.74, 6) is -1.06. The van der Waals surface area contributed by atoms with Crippen molar-refractivity contribution in [1.82, 2.24) is 4.98 Å². The number of ether oxygens (including phenoxy) is 2. The highest BCUT2D eigenvalue weighted by Gasteiger charge is 2.23. The van der Waals surface area contributed by atoms with E-state index in [9.17, 15) is 9.59 Å². The zero-order valence-corrected chi connectivity index (χ0v) is 13.8. The molecule has 2 rings (SSSR count). The minimum atomic E-state index is -0.551. The minimum Gasteiger partial charge on any atom is -0.461 e. The van der Waals surface area contributed by atoms with E-state index in [0.29, 0.717) is 27.9 Å². The van der Waals surface area contributed by atoms with E-state index >= 15 is 0 Å². The number of aromatic amines is 1. The van der Waals surface area contributed by atoms with Crippen LogP contribution in [0.2, 0.25) is 0 Å². The summed E-state index contributed by atoms with van der Waals surface area (Å²) in [6.07, 6.45) is 0. The molecule has 0 radical (unpaired) electrons. The molecule has 1 heterocycles. The first kappa shape index (κ1) is 17.3. The first-order chi connectivity index (χ1) is 11.5. The molecule has 0 aliphatic heterocycles. The molecule has 6 nitrogen and oxygen atoms in total. The molecular weight excluding hydrogens is 308 g/mol. The zero-order chi connectivity index (χ0) is 17.7. The third-order valence-corrected chi connectivity index (χ3v) is 3.62. The summed E-state index contributed by atoms with van der Waals surface area (Å²) in [6, 6.07) is 8.97. The minimum absolute atomic E-state index is 0.0125. The molecule has 124 valence electrons. The Morgan fingerprint density at radius 3 is 2.54 bits per heavy atom. The molecule has 0 amide bonds. The van der Waals surface area contributed by atoms with Crippen molar-refractivity contribution in [2.45, 2.75) is 27.4 Å². The molecule has 0 spiro atoms. The standard InChI is InChI=1S/C18H18N2O4/c1-4-23-18(22)16-11(2)15(12(3)20-16)17(21)24-10-14-8-6-5-7-13(14)9-19/h5-8,20H,4,10H2,1-3H3. The number of aryl methyl sites for hydroxylation is 1. The molecule has 0 atom stereocenters. The Morgan fingerprint density at radius 1 is 1.17 bits per heavy atom. The molecular formula is C18H18N2O4. The zero-order valence-electron chi connectivity index (χ0n) is 13.8. The maximum absolute atomic E-state index is 12.4. The SMILES string of the molecule is CCOC(=O)c1[nH]c(C)c(C(=O)OCc2ccccc2C#N)c1C. The van der Waals surface area contributed by atoms with Crippen LogP contribution < -0.4 is 0 Å². The van der Waals surface area contributed by atoms with E-state index in [1.165, 1.54) is 0 Å². The third kappa shape index (κ3) is 3.46. The Balaban J connectivity index is 2.19. The van der Waals surface area contributed by atoms with Gasteiger partial charge in [0.2, 0.25) is 0 Å². The summed E-state index contributed by atoms with van der Waals surface area (Å²) in [5.41, 5.74) is 2.68. The monoisotopic (exact) mass is 326 g/mol. The highest BCUT2D eigenvalue weighted by atomic mass is 16.5. The quantitative estimate of drug-likeness (QED) is 0.853. The first-order valence-corrected chi connectivity index (χ1v) is 7.51. The van der Waals surface area contributed by atoms with Gasteiger partial charge in [0.1, 0.15) is 12.3 Å². The topological polar surface area (TPSA) is 92.2 Å². The van der Waals surface area contributed by atoms with E-state index in [1.807, 2.05) is 0 Å². The van der Waals surface area contributed by atoms with Gasteiger partial charge in [0.15, 0.2) is 0 Å². The summed E-state index contributed by atoms with van der Waals surface area (Å²) < 4.78 is 10.3. The van der Waals surface area contributed by atoms with Crippen molar-refractivity contribution in [1.29, 1.82) is 5.26 Å². The Bertz CT molecular complexity index is 815. The van der Waals surface area contributed by atoms with E-state index in [4.69, 9.17) is 14.7 Å². The van der Waals surface area contributed by atoms with Crippen LogP contribution in [0.1, 0.15) is 50.2 Å². The Hall–Kier alpha value is -3.07. The number of rotatable bonds is 5. The summed E-state index contributed by atoms with van der Waals surface area (Å²) >= 11 is 0. The smallest absolute Gasteiger partial charge is 0.355 e. The molecule has 1 aromatic carbocycles. The third-order valence-electron chi connectivity index (χ3n) is 3.62. The molecule has 0 saturated heterocycles. The van der Waals surface area contributed by atoms with Crippen LogP contribution in [0.25, 0.3) is 0 Å². The molecule has 0 saturated carbocycles. The number of esters is 2. The fraction of sp³-hybridized carbons (Fsp3) is 0.278. The van der Waals surface area contributed by atoms with Gasteiger partial charge in [-0.2, -0.15) is 5.26 Å². The average Bonchev–Trinajstić information content (AvgIpc) is 2.88. The van der Waals surface area contributed by atoms with Crippen molar-refractivity contribution in [3.8, 4) is 6.07 Å². The number of hydrogen-bond acceptors (Lipinski definition) is 5. The maximum atomic E-state index is 12.4. The number of nitrogens with zero attached hydrogens (tertiary/aromatic N) is 1. The Labute approximate surface area is 140 Å². The summed E-state index contributed by atoms with van der Waals surface area (Å²) in [5, 5.41) is 9.06. The van der Waals surface area contributed by atoms with Gasteiger partial charge in [-0.05, 0) is 32.4 Å². The predicted octanol–water partition coefficient (Wildman–Crippen LogP) is 3.04. The summed E-state index contributed by atoms with van der Waals surface area (Å²) in [4.78, 5) is 27.1. The molecule has 0 aliphatic rings. The predicted molar refractivity (Wildman–Crippen MR) is 86.5 cm³/mol. The van der Waals surface area contributed by atoms with Gasteiger partial charge >= 0.3 is 11.9 Å². The summed E-state index contributed by atoms with van der Waals surface area (Å²) in [6.45, 7) is 5.30. The van der Waals surface area contributed by atoms with Crippen molar-refractivity contribution in [3.05, 3.63) is 57.9 Å². The Kier molecular flexibility index (Phi) is 5.38. The van der Waals surface area contributed by atoms with Crippen molar-refractivity contribution in [2.24, 2.45) is 0 Å². The van der Waals surface area contributed by atoms with Crippen LogP contribution in [0.5, 0.6) is 0 Å².